The number of carboxylic acids is 1. The van der Waals surface area contributed by atoms with Crippen molar-refractivity contribution >= 4 is 52.2 Å². The number of furan rings is 1. The van der Waals surface area contributed by atoms with Gasteiger partial charge in [-0.25, -0.2) is 4.79 Å². The quantitative estimate of drug-likeness (QED) is 0.399. The average molecular weight is 481 g/mol. The molecule has 4 rings (SSSR count). The molecule has 0 bridgehead atoms. The number of methoxy groups -OCH3 is 1. The molecule has 10 heteroatoms. The van der Waals surface area contributed by atoms with Crippen molar-refractivity contribution in [2.75, 3.05) is 7.11 Å². The lowest BCUT2D eigenvalue weighted by atomic mass is 10.1. The van der Waals surface area contributed by atoms with E-state index in [0.29, 0.717) is 28.4 Å². The minimum Gasteiger partial charge on any atom is -0.497 e. The molecule has 8 nitrogen and oxygen atoms in total. The summed E-state index contributed by atoms with van der Waals surface area (Å²) in [5.74, 6) is -0.580. The molecule has 1 aliphatic heterocycles. The second kappa shape index (κ2) is 9.31. The topological polar surface area (TPSA) is 109 Å². The summed E-state index contributed by atoms with van der Waals surface area (Å²) in [6.45, 7) is 0. The van der Waals surface area contributed by atoms with E-state index in [1.807, 2.05) is 0 Å². The van der Waals surface area contributed by atoms with Crippen LogP contribution in [-0.2, 0) is 4.79 Å². The summed E-state index contributed by atoms with van der Waals surface area (Å²) in [6, 6.07) is 16.1. The molecule has 2 N–H and O–H groups in total. The molecule has 0 spiro atoms. The van der Waals surface area contributed by atoms with Crippen LogP contribution in [0.15, 0.2) is 70.0 Å². The Morgan fingerprint density at radius 3 is 2.58 bits per heavy atom. The summed E-state index contributed by atoms with van der Waals surface area (Å²) in [5, 5.41) is 10.2. The Labute approximate surface area is 197 Å². The van der Waals surface area contributed by atoms with E-state index in [4.69, 9.17) is 26.5 Å². The van der Waals surface area contributed by atoms with Crippen LogP contribution < -0.4 is 10.2 Å². The number of carboxylic acid groups (broad SMARTS) is 1. The van der Waals surface area contributed by atoms with E-state index < -0.39 is 17.8 Å². The molecule has 0 unspecified atom stereocenters. The van der Waals surface area contributed by atoms with Crippen molar-refractivity contribution in [2.45, 2.75) is 0 Å². The predicted molar refractivity (Wildman–Crippen MR) is 127 cm³/mol. The largest absolute Gasteiger partial charge is 0.497 e. The molecule has 1 saturated heterocycles. The Hall–Kier alpha value is -3.89. The highest BCUT2D eigenvalue weighted by Crippen LogP contribution is 2.33. The fourth-order valence-corrected chi connectivity index (χ4v) is 4.15. The molecule has 2 aromatic carbocycles. The van der Waals surface area contributed by atoms with Gasteiger partial charge in [0, 0.05) is 17.2 Å². The fourth-order valence-electron chi connectivity index (χ4n) is 2.99. The van der Waals surface area contributed by atoms with Gasteiger partial charge in [-0.15, -0.1) is 0 Å². The average Bonchev–Trinajstić information content (AvgIpc) is 3.39. The van der Waals surface area contributed by atoms with Crippen LogP contribution in [-0.4, -0.2) is 39.3 Å². The van der Waals surface area contributed by atoms with Crippen LogP contribution in [0, 0.1) is 0 Å². The van der Waals surface area contributed by atoms with E-state index in [9.17, 15) is 14.4 Å². The van der Waals surface area contributed by atoms with Crippen molar-refractivity contribution in [1.29, 1.82) is 0 Å². The summed E-state index contributed by atoms with van der Waals surface area (Å²) in [6.07, 6.45) is 1.52. The van der Waals surface area contributed by atoms with E-state index in [1.165, 1.54) is 25.3 Å². The van der Waals surface area contributed by atoms with Crippen molar-refractivity contribution in [2.24, 2.45) is 0 Å². The number of hydrogen-bond acceptors (Lipinski definition) is 7. The number of thiocarbonyl (C=S) groups is 1. The second-order valence-electron chi connectivity index (χ2n) is 6.77. The Kier molecular flexibility index (Phi) is 6.29. The molecule has 1 aliphatic rings. The van der Waals surface area contributed by atoms with Crippen molar-refractivity contribution in [3.05, 3.63) is 82.5 Å². The van der Waals surface area contributed by atoms with Gasteiger partial charge in [0.05, 0.1) is 17.6 Å². The molecule has 0 radical (unpaired) electrons. The zero-order valence-corrected chi connectivity index (χ0v) is 18.7. The number of nitrogens with one attached hydrogen (secondary N) is 1. The van der Waals surface area contributed by atoms with Crippen molar-refractivity contribution in [1.82, 2.24) is 10.4 Å². The van der Waals surface area contributed by atoms with E-state index in [-0.39, 0.29) is 14.8 Å². The smallest absolute Gasteiger partial charge is 0.335 e. The molecule has 166 valence electrons. The van der Waals surface area contributed by atoms with Crippen LogP contribution in [0.2, 0.25) is 0 Å². The fraction of sp³-hybridized carbons (Fsp3) is 0.0435. The Bertz CT molecular complexity index is 1300. The lowest BCUT2D eigenvalue weighted by Crippen LogP contribution is -2.44. The first-order chi connectivity index (χ1) is 15.9. The lowest BCUT2D eigenvalue weighted by Gasteiger charge is -2.15. The minimum absolute atomic E-state index is 0.138. The molecule has 3 aromatic rings. The van der Waals surface area contributed by atoms with Gasteiger partial charge < -0.3 is 14.3 Å². The third-order valence-corrected chi connectivity index (χ3v) is 5.96. The van der Waals surface area contributed by atoms with E-state index in [2.05, 4.69) is 5.43 Å². The number of carbonyl (C=O) groups excluding carboxylic acids is 2. The zero-order valence-electron chi connectivity index (χ0n) is 17.1. The molecule has 33 heavy (non-hydrogen) atoms. The van der Waals surface area contributed by atoms with Gasteiger partial charge in [-0.05, 0) is 60.7 Å². The van der Waals surface area contributed by atoms with Gasteiger partial charge >= 0.3 is 5.97 Å². The van der Waals surface area contributed by atoms with Gasteiger partial charge in [-0.1, -0.05) is 23.9 Å². The van der Waals surface area contributed by atoms with Gasteiger partial charge in [0.25, 0.3) is 11.8 Å². The van der Waals surface area contributed by atoms with Crippen LogP contribution in [0.1, 0.15) is 26.5 Å². The lowest BCUT2D eigenvalue weighted by molar-refractivity contribution is -0.123. The summed E-state index contributed by atoms with van der Waals surface area (Å²) in [4.78, 5) is 36.7. The first kappa shape index (κ1) is 22.3. The number of thioether (sulfide) groups is 1. The number of amides is 2. The summed E-state index contributed by atoms with van der Waals surface area (Å²) >= 11 is 6.27. The molecule has 0 aliphatic carbocycles. The minimum atomic E-state index is -1.04. The molecular formula is C23H16N2O6S2. The molecule has 0 atom stereocenters. The maximum absolute atomic E-state index is 12.8. The van der Waals surface area contributed by atoms with Gasteiger partial charge in [-0.3, -0.25) is 15.0 Å². The molecule has 1 fully saturated rings. The van der Waals surface area contributed by atoms with E-state index >= 15 is 0 Å². The Balaban J connectivity index is 1.49. The Morgan fingerprint density at radius 1 is 1.12 bits per heavy atom. The van der Waals surface area contributed by atoms with E-state index in [0.717, 1.165) is 16.8 Å². The number of ether oxygens (including phenoxy) is 1. The normalized spacial score (nSPS) is 14.6. The third kappa shape index (κ3) is 4.81. The van der Waals surface area contributed by atoms with Crippen molar-refractivity contribution in [3.63, 3.8) is 0 Å². The number of carbonyl (C=O) groups is 3. The molecule has 0 saturated carbocycles. The third-order valence-electron chi connectivity index (χ3n) is 4.65. The van der Waals surface area contributed by atoms with Crippen molar-refractivity contribution in [3.8, 4) is 17.1 Å². The summed E-state index contributed by atoms with van der Waals surface area (Å²) < 4.78 is 11.0. The van der Waals surface area contributed by atoms with Crippen LogP contribution in [0.3, 0.4) is 0 Å². The second-order valence-corrected chi connectivity index (χ2v) is 8.45. The maximum Gasteiger partial charge on any atom is 0.335 e. The highest BCUT2D eigenvalue weighted by Gasteiger charge is 2.34. The monoisotopic (exact) mass is 480 g/mol. The highest BCUT2D eigenvalue weighted by molar-refractivity contribution is 8.26. The first-order valence-electron chi connectivity index (χ1n) is 9.52. The van der Waals surface area contributed by atoms with E-state index in [1.54, 1.807) is 48.5 Å². The highest BCUT2D eigenvalue weighted by atomic mass is 32.2. The zero-order chi connectivity index (χ0) is 23.5. The number of benzene rings is 2. The van der Waals surface area contributed by atoms with Gasteiger partial charge in [-0.2, -0.15) is 5.01 Å². The Morgan fingerprint density at radius 2 is 1.88 bits per heavy atom. The van der Waals surface area contributed by atoms with Crippen molar-refractivity contribution < 1.29 is 28.6 Å². The van der Waals surface area contributed by atoms with Crippen LogP contribution in [0.5, 0.6) is 5.75 Å². The summed E-state index contributed by atoms with van der Waals surface area (Å²) in [5.41, 5.74) is 3.58. The number of hydrazine groups is 1. The number of hydrogen-bond donors (Lipinski definition) is 2. The van der Waals surface area contributed by atoms with Crippen LogP contribution >= 0.6 is 24.0 Å². The number of rotatable bonds is 6. The van der Waals surface area contributed by atoms with Gasteiger partial charge in [0.2, 0.25) is 0 Å². The number of aromatic carboxylic acids is 1. The molecular weight excluding hydrogens is 464 g/mol. The molecule has 2 heterocycles. The van der Waals surface area contributed by atoms with Crippen LogP contribution in [0.25, 0.3) is 17.4 Å². The predicted octanol–water partition coefficient (Wildman–Crippen LogP) is 4.20. The SMILES string of the molecule is COc1ccc(C(=O)NN2C(=O)/C(=C\c3ccc(-c4cccc(C(=O)O)c4)o3)SC2=S)cc1. The van der Waals surface area contributed by atoms with Gasteiger partial charge in [0.15, 0.2) is 4.32 Å². The maximum atomic E-state index is 12.8. The van der Waals surface area contributed by atoms with Gasteiger partial charge in [0.1, 0.15) is 17.3 Å². The molecule has 1 aromatic heterocycles. The molecule has 2 amide bonds. The standard InChI is InChI=1S/C23H16N2O6S2/c1-30-16-7-5-13(6-8-16)20(26)24-25-21(27)19(33-23(25)32)12-17-9-10-18(31-17)14-3-2-4-15(11-14)22(28)29/h2-12H,1H3,(H,24,26)(H,28,29)/b19-12+. The summed E-state index contributed by atoms with van der Waals surface area (Å²) in [7, 11) is 1.52. The van der Waals surface area contributed by atoms with Crippen LogP contribution in [0.4, 0.5) is 0 Å². The first-order valence-corrected chi connectivity index (χ1v) is 10.7. The number of nitrogens with zero attached hydrogens (tertiary/aromatic N) is 1.